The monoisotopic (exact) mass is 408 g/mol. The Balaban J connectivity index is 1.40. The van der Waals surface area contributed by atoms with Crippen LogP contribution in [0.5, 0.6) is 11.5 Å². The number of anilines is 2. The average Bonchev–Trinajstić information content (AvgIpc) is 3.42. The fourth-order valence-electron chi connectivity index (χ4n) is 3.22. The molecular weight excluding hydrogens is 388 g/mol. The maximum absolute atomic E-state index is 12.7. The van der Waals surface area contributed by atoms with Crippen LogP contribution in [0.3, 0.4) is 0 Å². The maximum atomic E-state index is 12.7. The van der Waals surface area contributed by atoms with Crippen molar-refractivity contribution in [1.82, 2.24) is 0 Å². The third-order valence-electron chi connectivity index (χ3n) is 4.67. The van der Waals surface area contributed by atoms with Gasteiger partial charge in [0.15, 0.2) is 6.61 Å². The number of ether oxygens (including phenoxy) is 2. The first-order valence-corrected chi connectivity index (χ1v) is 10.1. The molecule has 0 spiro atoms. The summed E-state index contributed by atoms with van der Waals surface area (Å²) in [6.45, 7) is 0.533. The number of methoxy groups -OCH3 is 1. The van der Waals surface area contributed by atoms with E-state index in [2.05, 4.69) is 5.32 Å². The fraction of sp³-hybridized carbons (Fsp3) is 0.182. The van der Waals surface area contributed by atoms with Crippen LogP contribution in [0.15, 0.2) is 60.0 Å². The number of thiophene rings is 1. The molecule has 6 nitrogen and oxygen atoms in total. The number of hydrogen-bond donors (Lipinski definition) is 1. The molecule has 0 aliphatic carbocycles. The highest BCUT2D eigenvalue weighted by Gasteiger charge is 2.26. The van der Waals surface area contributed by atoms with Crippen LogP contribution in [0.2, 0.25) is 0 Å². The smallest absolute Gasteiger partial charge is 0.268 e. The Morgan fingerprint density at radius 1 is 1.10 bits per heavy atom. The van der Waals surface area contributed by atoms with E-state index in [-0.39, 0.29) is 18.4 Å². The zero-order valence-corrected chi connectivity index (χ0v) is 16.7. The first-order valence-electron chi connectivity index (χ1n) is 9.19. The molecule has 1 aromatic heterocycles. The number of hydrogen-bond acceptors (Lipinski definition) is 5. The predicted molar refractivity (Wildman–Crippen MR) is 113 cm³/mol. The molecule has 0 saturated heterocycles. The van der Waals surface area contributed by atoms with Crippen molar-refractivity contribution >= 4 is 34.5 Å². The zero-order valence-electron chi connectivity index (χ0n) is 15.9. The van der Waals surface area contributed by atoms with E-state index in [1.165, 1.54) is 11.3 Å². The third-order valence-corrected chi connectivity index (χ3v) is 5.53. The summed E-state index contributed by atoms with van der Waals surface area (Å²) in [5.74, 6) is 1.03. The van der Waals surface area contributed by atoms with Crippen LogP contribution in [0.1, 0.15) is 15.2 Å². The minimum Gasteiger partial charge on any atom is -0.497 e. The largest absolute Gasteiger partial charge is 0.497 e. The van der Waals surface area contributed by atoms with Crippen molar-refractivity contribution in [1.29, 1.82) is 0 Å². The van der Waals surface area contributed by atoms with Crippen molar-refractivity contribution in [3.63, 3.8) is 0 Å². The van der Waals surface area contributed by atoms with E-state index < -0.39 is 0 Å². The highest BCUT2D eigenvalue weighted by Crippen LogP contribution is 2.32. The molecule has 3 aromatic rings. The van der Waals surface area contributed by atoms with E-state index >= 15 is 0 Å². The Morgan fingerprint density at radius 2 is 1.90 bits per heavy atom. The molecule has 0 saturated carbocycles. The Bertz CT molecular complexity index is 1020. The number of benzene rings is 2. The van der Waals surface area contributed by atoms with Gasteiger partial charge in [0.25, 0.3) is 11.8 Å². The molecule has 1 N–H and O–H groups in total. The molecular formula is C22H20N2O4S. The van der Waals surface area contributed by atoms with Crippen LogP contribution in [0.25, 0.3) is 0 Å². The molecule has 2 aromatic carbocycles. The molecule has 29 heavy (non-hydrogen) atoms. The molecule has 1 aliphatic rings. The molecule has 0 atom stereocenters. The number of carbonyl (C=O) groups is 2. The Hall–Kier alpha value is -3.32. The van der Waals surface area contributed by atoms with E-state index in [9.17, 15) is 9.59 Å². The minimum absolute atomic E-state index is 0.00920. The normalized spacial score (nSPS) is 12.4. The van der Waals surface area contributed by atoms with Crippen molar-refractivity contribution in [3.05, 3.63) is 70.4 Å². The summed E-state index contributed by atoms with van der Waals surface area (Å²) >= 11 is 1.43. The van der Waals surface area contributed by atoms with E-state index in [4.69, 9.17) is 9.47 Å². The van der Waals surface area contributed by atoms with Crippen LogP contribution >= 0.6 is 11.3 Å². The topological polar surface area (TPSA) is 67.9 Å². The van der Waals surface area contributed by atoms with Gasteiger partial charge in [-0.05, 0) is 59.8 Å². The van der Waals surface area contributed by atoms with Crippen molar-refractivity contribution in [2.24, 2.45) is 0 Å². The van der Waals surface area contributed by atoms with Crippen LogP contribution in [0, 0.1) is 0 Å². The summed E-state index contributed by atoms with van der Waals surface area (Å²) in [4.78, 5) is 27.5. The van der Waals surface area contributed by atoms with Gasteiger partial charge in [-0.1, -0.05) is 12.1 Å². The van der Waals surface area contributed by atoms with E-state index in [0.29, 0.717) is 22.9 Å². The molecule has 0 unspecified atom stereocenters. The van der Waals surface area contributed by atoms with Gasteiger partial charge in [0.1, 0.15) is 11.5 Å². The standard InChI is InChI=1S/C22H20N2O4S/c1-27-17-6-8-18(9-7-17)28-14-21(25)23-16-5-4-15-10-11-24(19(15)13-16)22(26)20-3-2-12-29-20/h2-9,12-13H,10-11,14H2,1H3,(H,23,25). The second kappa shape index (κ2) is 8.36. The lowest BCUT2D eigenvalue weighted by Crippen LogP contribution is -2.28. The third kappa shape index (κ3) is 4.25. The lowest BCUT2D eigenvalue weighted by molar-refractivity contribution is -0.118. The van der Waals surface area contributed by atoms with Crippen molar-refractivity contribution in [2.45, 2.75) is 6.42 Å². The van der Waals surface area contributed by atoms with E-state index in [1.807, 2.05) is 35.7 Å². The number of fused-ring (bicyclic) bond motifs is 1. The number of rotatable bonds is 6. The summed E-state index contributed by atoms with van der Waals surface area (Å²) in [7, 11) is 1.59. The highest BCUT2D eigenvalue weighted by molar-refractivity contribution is 7.12. The SMILES string of the molecule is COc1ccc(OCC(=O)Nc2ccc3c(c2)N(C(=O)c2cccs2)CC3)cc1. The molecule has 0 fully saturated rings. The number of nitrogens with zero attached hydrogens (tertiary/aromatic N) is 1. The van der Waals surface area contributed by atoms with Crippen LogP contribution in [0.4, 0.5) is 11.4 Å². The zero-order chi connectivity index (χ0) is 20.2. The number of amides is 2. The number of carbonyl (C=O) groups excluding carboxylic acids is 2. The Morgan fingerprint density at radius 3 is 2.62 bits per heavy atom. The summed E-state index contributed by atoms with van der Waals surface area (Å²) < 4.78 is 10.6. The predicted octanol–water partition coefficient (Wildman–Crippen LogP) is 3.98. The quantitative estimate of drug-likeness (QED) is 0.670. The van der Waals surface area contributed by atoms with Gasteiger partial charge < -0.3 is 19.7 Å². The summed E-state index contributed by atoms with van der Waals surface area (Å²) in [5, 5.41) is 4.73. The van der Waals surface area contributed by atoms with Crippen LogP contribution < -0.4 is 19.7 Å². The molecule has 0 bridgehead atoms. The van der Waals surface area contributed by atoms with Crippen molar-refractivity contribution < 1.29 is 19.1 Å². The first kappa shape index (κ1) is 19.0. The highest BCUT2D eigenvalue weighted by atomic mass is 32.1. The van der Waals surface area contributed by atoms with Gasteiger partial charge in [0, 0.05) is 17.9 Å². The second-order valence-electron chi connectivity index (χ2n) is 6.54. The van der Waals surface area contributed by atoms with Gasteiger partial charge in [0.2, 0.25) is 0 Å². The van der Waals surface area contributed by atoms with E-state index in [1.54, 1.807) is 36.3 Å². The molecule has 2 heterocycles. The van der Waals surface area contributed by atoms with E-state index in [0.717, 1.165) is 23.4 Å². The summed E-state index contributed by atoms with van der Waals surface area (Å²) in [6, 6.07) is 16.4. The van der Waals surface area contributed by atoms with Gasteiger partial charge in [-0.25, -0.2) is 0 Å². The Labute approximate surface area is 172 Å². The van der Waals surface area contributed by atoms with Crippen molar-refractivity contribution in [2.75, 3.05) is 30.5 Å². The maximum Gasteiger partial charge on any atom is 0.268 e. The van der Waals surface area contributed by atoms with Crippen molar-refractivity contribution in [3.8, 4) is 11.5 Å². The van der Waals surface area contributed by atoms with Crippen LogP contribution in [-0.4, -0.2) is 32.1 Å². The van der Waals surface area contributed by atoms with Gasteiger partial charge in [-0.15, -0.1) is 11.3 Å². The Kier molecular flexibility index (Phi) is 5.48. The average molecular weight is 408 g/mol. The fourth-order valence-corrected chi connectivity index (χ4v) is 3.89. The lowest BCUT2D eigenvalue weighted by atomic mass is 10.1. The molecule has 148 valence electrons. The molecule has 2 amide bonds. The van der Waals surface area contributed by atoms with Gasteiger partial charge in [0.05, 0.1) is 12.0 Å². The summed E-state index contributed by atoms with van der Waals surface area (Å²) in [6.07, 6.45) is 0.807. The molecule has 7 heteroatoms. The first-order chi connectivity index (χ1) is 14.1. The second-order valence-corrected chi connectivity index (χ2v) is 7.49. The molecule has 1 aliphatic heterocycles. The van der Waals surface area contributed by atoms with Gasteiger partial charge in [-0.3, -0.25) is 9.59 Å². The lowest BCUT2D eigenvalue weighted by Gasteiger charge is -2.17. The molecule has 4 rings (SSSR count). The van der Waals surface area contributed by atoms with Crippen LogP contribution in [-0.2, 0) is 11.2 Å². The van der Waals surface area contributed by atoms with Gasteiger partial charge >= 0.3 is 0 Å². The molecule has 0 radical (unpaired) electrons. The minimum atomic E-state index is -0.269. The van der Waals surface area contributed by atoms with Gasteiger partial charge in [-0.2, -0.15) is 0 Å². The number of nitrogens with one attached hydrogen (secondary N) is 1. The summed E-state index contributed by atoms with van der Waals surface area (Å²) in [5.41, 5.74) is 2.58.